The Morgan fingerprint density at radius 1 is 1.01 bits per heavy atom. The van der Waals surface area contributed by atoms with Crippen LogP contribution < -0.4 is 41.1 Å². The van der Waals surface area contributed by atoms with Gasteiger partial charge in [-0.05, 0) is 73.8 Å². The Bertz CT molecular complexity index is 2710. The number of fused-ring (bicyclic) bond motifs is 2. The van der Waals surface area contributed by atoms with Crippen LogP contribution in [0, 0.1) is 0 Å². The lowest BCUT2D eigenvalue weighted by molar-refractivity contribution is -0.137. The van der Waals surface area contributed by atoms with E-state index in [0.29, 0.717) is 96.0 Å². The van der Waals surface area contributed by atoms with Gasteiger partial charge in [0.2, 0.25) is 29.6 Å². The third-order valence-electron chi connectivity index (χ3n) is 11.9. The fraction of sp³-hybridized carbons (Fsp3) is 0.348. The summed E-state index contributed by atoms with van der Waals surface area (Å²) in [4.78, 5) is 91.0. The molecule has 8 rings (SSSR count). The maximum Gasteiger partial charge on any atom is 0.255 e. The van der Waals surface area contributed by atoms with Gasteiger partial charge >= 0.3 is 0 Å². The number of likely N-dealkylation sites (N-methyl/N-ethyl adjacent to an activating group) is 1. The molecule has 1 saturated heterocycles. The van der Waals surface area contributed by atoms with E-state index in [9.17, 15) is 28.8 Å². The molecule has 0 aliphatic carbocycles. The molecule has 3 aromatic carbocycles. The van der Waals surface area contributed by atoms with Gasteiger partial charge < -0.3 is 40.7 Å². The van der Waals surface area contributed by atoms with E-state index in [-0.39, 0.29) is 61.9 Å². The Hall–Kier alpha value is -7.26. The van der Waals surface area contributed by atoms with Gasteiger partial charge in [0.05, 0.1) is 38.3 Å². The quantitative estimate of drug-likeness (QED) is 0.0616. The molecule has 0 spiro atoms. The highest BCUT2D eigenvalue weighted by Crippen LogP contribution is 2.38. The minimum absolute atomic E-state index is 0.0297. The van der Waals surface area contributed by atoms with Crippen LogP contribution in [0.3, 0.4) is 0 Å². The first-order valence-electron chi connectivity index (χ1n) is 22.0. The number of hydrogen-bond acceptors (Lipinski definition) is 14. The molecular weight excluding hydrogens is 926 g/mol. The van der Waals surface area contributed by atoms with Crippen LogP contribution in [-0.4, -0.2) is 105 Å². The topological polar surface area (TPSA) is 238 Å². The van der Waals surface area contributed by atoms with Crippen molar-refractivity contribution in [3.63, 3.8) is 0 Å². The number of aromatic nitrogens is 5. The monoisotopic (exact) mass is 975 g/mol. The predicted molar refractivity (Wildman–Crippen MR) is 251 cm³/mol. The fourth-order valence-corrected chi connectivity index (χ4v) is 8.59. The van der Waals surface area contributed by atoms with Crippen LogP contribution in [-0.2, 0) is 45.4 Å². The number of anilines is 5. The van der Waals surface area contributed by atoms with Crippen LogP contribution >= 0.6 is 15.9 Å². The summed E-state index contributed by atoms with van der Waals surface area (Å²) in [6.07, 6.45) is 5.21. The maximum absolute atomic E-state index is 13.4. The molecule has 6 amide bonds. The average Bonchev–Trinajstić information content (AvgIpc) is 3.93. The van der Waals surface area contributed by atoms with Gasteiger partial charge in [-0.2, -0.15) is 4.98 Å². The summed E-state index contributed by atoms with van der Waals surface area (Å²) >= 11 is 3.49. The SMILES string of the molecule is CC[C@@H]1C(=O)N(C)c2cnc(Nc3ccc(C(=O)NCc4cn(CCNCCCC(=O)Nc5cccc6c5CN(C5CCC(=O)NC5=O)C6=O)nn4)cc3OC)nc2N1Cc1ccc(Br)cc1. The number of piperidine rings is 1. The van der Waals surface area contributed by atoms with Crippen LogP contribution in [0.25, 0.3) is 0 Å². The zero-order valence-electron chi connectivity index (χ0n) is 37.2. The number of amides is 6. The normalized spacial score (nSPS) is 16.7. The molecule has 1 fully saturated rings. The molecule has 2 aromatic heterocycles. The van der Waals surface area contributed by atoms with Gasteiger partial charge in [-0.1, -0.05) is 46.3 Å². The number of carbonyl (C=O) groups is 6. The summed E-state index contributed by atoms with van der Waals surface area (Å²) in [5, 5.41) is 23.0. The fourth-order valence-electron chi connectivity index (χ4n) is 8.33. The first-order chi connectivity index (χ1) is 32.4. The van der Waals surface area contributed by atoms with Crippen LogP contribution in [0.5, 0.6) is 5.75 Å². The molecule has 0 bridgehead atoms. The van der Waals surface area contributed by atoms with E-state index < -0.39 is 18.0 Å². The third kappa shape index (κ3) is 10.4. The van der Waals surface area contributed by atoms with Gasteiger partial charge in [0.15, 0.2) is 5.82 Å². The lowest BCUT2D eigenvalue weighted by Crippen LogP contribution is -2.52. The number of methoxy groups -OCH3 is 1. The standard InChI is InChI=1S/C46H50BrN13O7/c1-4-35-45(66)57(2)37-23-50-46(54-41(37)59(35)24-27-10-13-29(47)14-11-27)52-34-15-12-28(21-38(34)67-3)42(63)49-22-30-25-58(56-55-30)20-19-48-18-6-9-39(61)51-33-8-5-7-31-32(33)26-60(44(31)65)36-16-17-40(62)53-43(36)64/h5,7-8,10-15,21,23,25,35-36,48H,4,6,9,16-20,22,24,26H2,1-3H3,(H,49,63)(H,51,61)(H,50,52,54)(H,53,62,64)/t35-,36?/m1/s1. The molecule has 348 valence electrons. The van der Waals surface area contributed by atoms with E-state index in [1.54, 1.807) is 65.4 Å². The molecule has 0 radical (unpaired) electrons. The van der Waals surface area contributed by atoms with Crippen molar-refractivity contribution in [3.8, 4) is 5.75 Å². The number of rotatable bonds is 18. The van der Waals surface area contributed by atoms with E-state index in [0.717, 1.165) is 10.0 Å². The molecule has 1 unspecified atom stereocenters. The molecule has 5 N–H and O–H groups in total. The Balaban J connectivity index is 0.781. The molecule has 3 aliphatic rings. The van der Waals surface area contributed by atoms with Gasteiger partial charge in [0, 0.05) is 66.4 Å². The Labute approximate surface area is 394 Å². The number of carbonyl (C=O) groups excluding carboxylic acids is 6. The van der Waals surface area contributed by atoms with Crippen molar-refractivity contribution >= 4 is 80.2 Å². The average molecular weight is 977 g/mol. The van der Waals surface area contributed by atoms with Gasteiger partial charge in [-0.3, -0.25) is 38.8 Å². The maximum atomic E-state index is 13.4. The van der Waals surface area contributed by atoms with Crippen LogP contribution in [0.15, 0.2) is 77.5 Å². The van der Waals surface area contributed by atoms with Crippen molar-refractivity contribution in [2.45, 2.75) is 77.3 Å². The number of imide groups is 1. The zero-order valence-corrected chi connectivity index (χ0v) is 38.8. The second-order valence-corrected chi connectivity index (χ2v) is 17.2. The first kappa shape index (κ1) is 46.3. The van der Waals surface area contributed by atoms with Crippen molar-refractivity contribution in [2.24, 2.45) is 0 Å². The van der Waals surface area contributed by atoms with E-state index >= 15 is 0 Å². The molecule has 20 nitrogen and oxygen atoms in total. The molecule has 5 aromatic rings. The van der Waals surface area contributed by atoms with E-state index in [2.05, 4.69) is 57.8 Å². The second-order valence-electron chi connectivity index (χ2n) is 16.3. The number of ether oxygens (including phenoxy) is 1. The number of benzene rings is 3. The van der Waals surface area contributed by atoms with Crippen molar-refractivity contribution in [1.29, 1.82) is 0 Å². The molecule has 2 atom stereocenters. The highest BCUT2D eigenvalue weighted by molar-refractivity contribution is 9.10. The predicted octanol–water partition coefficient (Wildman–Crippen LogP) is 4.04. The molecule has 0 saturated carbocycles. The summed E-state index contributed by atoms with van der Waals surface area (Å²) in [7, 11) is 3.24. The summed E-state index contributed by atoms with van der Waals surface area (Å²) < 4.78 is 8.29. The Morgan fingerprint density at radius 2 is 1.84 bits per heavy atom. The minimum atomic E-state index is -0.734. The highest BCUT2D eigenvalue weighted by atomic mass is 79.9. The van der Waals surface area contributed by atoms with Gasteiger partial charge in [0.25, 0.3) is 11.8 Å². The van der Waals surface area contributed by atoms with Crippen molar-refractivity contribution in [2.75, 3.05) is 47.7 Å². The molecule has 21 heteroatoms. The number of halogens is 1. The minimum Gasteiger partial charge on any atom is -0.495 e. The first-order valence-corrected chi connectivity index (χ1v) is 22.7. The molecular formula is C46H50BrN13O7. The Kier molecular flexibility index (Phi) is 14.2. The van der Waals surface area contributed by atoms with Crippen LogP contribution in [0.4, 0.5) is 28.8 Å². The van der Waals surface area contributed by atoms with Crippen molar-refractivity contribution in [3.05, 3.63) is 105 Å². The largest absolute Gasteiger partial charge is 0.495 e. The molecule has 5 heterocycles. The van der Waals surface area contributed by atoms with E-state index in [1.165, 1.54) is 12.0 Å². The van der Waals surface area contributed by atoms with E-state index in [1.807, 2.05) is 36.1 Å². The molecule has 3 aliphatic heterocycles. The number of nitrogens with one attached hydrogen (secondary N) is 5. The van der Waals surface area contributed by atoms with Gasteiger partial charge in [-0.25, -0.2) is 4.98 Å². The summed E-state index contributed by atoms with van der Waals surface area (Å²) in [6.45, 7) is 4.42. The number of hydrogen-bond donors (Lipinski definition) is 5. The lowest BCUT2D eigenvalue weighted by atomic mass is 10.0. The van der Waals surface area contributed by atoms with Crippen LogP contribution in [0.1, 0.15) is 76.6 Å². The summed E-state index contributed by atoms with van der Waals surface area (Å²) in [6, 6.07) is 16.9. The van der Waals surface area contributed by atoms with Gasteiger partial charge in [0.1, 0.15) is 29.2 Å². The molecule has 67 heavy (non-hydrogen) atoms. The lowest BCUT2D eigenvalue weighted by Gasteiger charge is -2.40. The second kappa shape index (κ2) is 20.5. The summed E-state index contributed by atoms with van der Waals surface area (Å²) in [5.41, 5.74) is 4.72. The zero-order chi connectivity index (χ0) is 47.2. The Morgan fingerprint density at radius 3 is 2.61 bits per heavy atom. The number of nitrogens with zero attached hydrogens (tertiary/aromatic N) is 8. The van der Waals surface area contributed by atoms with Crippen molar-refractivity contribution < 1.29 is 33.5 Å². The summed E-state index contributed by atoms with van der Waals surface area (Å²) in [5.74, 6) is -0.388. The van der Waals surface area contributed by atoms with Crippen molar-refractivity contribution in [1.82, 2.24) is 45.8 Å². The smallest absolute Gasteiger partial charge is 0.255 e. The van der Waals surface area contributed by atoms with Gasteiger partial charge in [-0.15, -0.1) is 5.10 Å². The third-order valence-corrected chi connectivity index (χ3v) is 12.4. The van der Waals surface area contributed by atoms with E-state index in [4.69, 9.17) is 9.72 Å². The highest BCUT2D eigenvalue weighted by Gasteiger charge is 2.40. The van der Waals surface area contributed by atoms with Crippen LogP contribution in [0.2, 0.25) is 0 Å².